The highest BCUT2D eigenvalue weighted by Crippen LogP contribution is 2.24. The van der Waals surface area contributed by atoms with E-state index in [1.165, 1.54) is 22.3 Å². The van der Waals surface area contributed by atoms with E-state index in [2.05, 4.69) is 106 Å². The first-order chi connectivity index (χ1) is 14.0. The van der Waals surface area contributed by atoms with E-state index in [-0.39, 0.29) is 11.6 Å². The molecule has 0 fully saturated rings. The van der Waals surface area contributed by atoms with Gasteiger partial charge in [0.05, 0.1) is 11.6 Å². The molecule has 2 N–H and O–H groups in total. The van der Waals surface area contributed by atoms with Gasteiger partial charge in [0.25, 0.3) is 0 Å². The van der Waals surface area contributed by atoms with E-state index in [4.69, 9.17) is 4.99 Å². The van der Waals surface area contributed by atoms with Crippen molar-refractivity contribution < 1.29 is 0 Å². The molecule has 2 rings (SSSR count). The number of amidine groups is 1. The van der Waals surface area contributed by atoms with E-state index in [1.807, 2.05) is 13.8 Å². The minimum Gasteiger partial charge on any atom is -0.344 e. The Balaban J connectivity index is 2.65. The van der Waals surface area contributed by atoms with Gasteiger partial charge in [0.15, 0.2) is 5.84 Å². The molecule has 0 saturated carbocycles. The number of para-hydroxylation sites is 2. The van der Waals surface area contributed by atoms with Crippen LogP contribution in [0.25, 0.3) is 0 Å². The van der Waals surface area contributed by atoms with Crippen LogP contribution in [0, 0.1) is 27.7 Å². The van der Waals surface area contributed by atoms with Gasteiger partial charge in [-0.15, -0.1) is 0 Å². The first kappa shape index (κ1) is 23.4. The fraction of sp³-hybridized carbons (Fsp3) is 0.423. The maximum atomic E-state index is 5.00. The van der Waals surface area contributed by atoms with Crippen LogP contribution in [0.2, 0.25) is 0 Å². The third-order valence-electron chi connectivity index (χ3n) is 4.57. The van der Waals surface area contributed by atoms with Crippen LogP contribution in [0.3, 0.4) is 0 Å². The number of hydrogen-bond acceptors (Lipinski definition) is 3. The highest BCUT2D eigenvalue weighted by Gasteiger charge is 2.17. The van der Waals surface area contributed by atoms with Gasteiger partial charge in [-0.3, -0.25) is 4.99 Å². The predicted octanol–water partition coefficient (Wildman–Crippen LogP) is 6.60. The summed E-state index contributed by atoms with van der Waals surface area (Å²) in [7, 11) is 0. The second kappa shape index (κ2) is 9.77. The zero-order chi connectivity index (χ0) is 22.5. The quantitative estimate of drug-likeness (QED) is 0.435. The Morgan fingerprint density at radius 2 is 1.23 bits per heavy atom. The SMILES string of the molecule is Cc1cccc(C)c1NC(=C=NC(C)C)C(=NC(C)(C)C)Nc1c(C)cccc1C. The van der Waals surface area contributed by atoms with Crippen molar-refractivity contribution in [3.63, 3.8) is 0 Å². The van der Waals surface area contributed by atoms with E-state index >= 15 is 0 Å². The lowest BCUT2D eigenvalue weighted by Crippen LogP contribution is -2.27. The van der Waals surface area contributed by atoms with Crippen molar-refractivity contribution in [1.82, 2.24) is 0 Å². The average Bonchev–Trinajstić information content (AvgIpc) is 2.62. The van der Waals surface area contributed by atoms with Crippen molar-refractivity contribution in [1.29, 1.82) is 0 Å². The molecule has 0 aliphatic carbocycles. The van der Waals surface area contributed by atoms with Gasteiger partial charge in [0.1, 0.15) is 5.70 Å². The molecule has 0 heterocycles. The van der Waals surface area contributed by atoms with Crippen molar-refractivity contribution >= 4 is 23.1 Å². The van der Waals surface area contributed by atoms with Crippen LogP contribution in [0.15, 0.2) is 52.1 Å². The van der Waals surface area contributed by atoms with Crippen LogP contribution in [0.5, 0.6) is 0 Å². The van der Waals surface area contributed by atoms with Crippen LogP contribution in [-0.2, 0) is 0 Å². The van der Waals surface area contributed by atoms with Crippen LogP contribution in [0.1, 0.15) is 56.9 Å². The minimum absolute atomic E-state index is 0.135. The summed E-state index contributed by atoms with van der Waals surface area (Å²) in [6, 6.07) is 12.7. The standard InChI is InChI=1S/C26H36N4/c1-17(2)27-16-22(28-23-18(3)12-10-13-19(23)4)25(30-26(7,8)9)29-24-20(5)14-11-15-21(24)6/h10-15,17,28H,1-9H3,(H,29,30). The van der Waals surface area contributed by atoms with E-state index in [1.54, 1.807) is 0 Å². The molecule has 0 aromatic heterocycles. The van der Waals surface area contributed by atoms with Crippen molar-refractivity contribution in [3.05, 3.63) is 64.3 Å². The lowest BCUT2D eigenvalue weighted by molar-refractivity contribution is 0.584. The van der Waals surface area contributed by atoms with Gasteiger partial charge >= 0.3 is 0 Å². The first-order valence-corrected chi connectivity index (χ1v) is 10.6. The maximum absolute atomic E-state index is 5.00. The number of rotatable bonds is 5. The molecule has 0 spiro atoms. The summed E-state index contributed by atoms with van der Waals surface area (Å²) in [4.78, 5) is 9.55. The number of aryl methyl sites for hydroxylation is 4. The second-order valence-electron chi connectivity index (χ2n) is 9.12. The molecule has 30 heavy (non-hydrogen) atoms. The Bertz CT molecular complexity index is 944. The van der Waals surface area contributed by atoms with Crippen LogP contribution in [0.4, 0.5) is 11.4 Å². The lowest BCUT2D eigenvalue weighted by Gasteiger charge is -2.22. The fourth-order valence-electron chi connectivity index (χ4n) is 3.08. The average molecular weight is 405 g/mol. The van der Waals surface area contributed by atoms with Crippen LogP contribution in [-0.4, -0.2) is 23.3 Å². The Kier molecular flexibility index (Phi) is 7.64. The van der Waals surface area contributed by atoms with E-state index in [0.29, 0.717) is 0 Å². The maximum Gasteiger partial charge on any atom is 0.160 e. The molecule has 0 bridgehead atoms. The molecule has 0 atom stereocenters. The number of aliphatic imine (C=N–C) groups is 2. The van der Waals surface area contributed by atoms with Crippen molar-refractivity contribution in [2.75, 3.05) is 10.6 Å². The number of nitrogens with one attached hydrogen (secondary N) is 2. The zero-order valence-corrected chi connectivity index (χ0v) is 19.9. The molecule has 2 aromatic carbocycles. The number of benzene rings is 2. The summed E-state index contributed by atoms with van der Waals surface area (Å²) < 4.78 is 0. The topological polar surface area (TPSA) is 48.8 Å². The van der Waals surface area contributed by atoms with Gasteiger partial charge in [-0.25, -0.2) is 4.99 Å². The fourth-order valence-corrected chi connectivity index (χ4v) is 3.08. The third-order valence-corrected chi connectivity index (χ3v) is 4.57. The summed E-state index contributed by atoms with van der Waals surface area (Å²) in [5, 5.41) is 7.15. The molecule has 0 radical (unpaired) electrons. The van der Waals surface area contributed by atoms with Crippen molar-refractivity contribution in [3.8, 4) is 0 Å². The van der Waals surface area contributed by atoms with Gasteiger partial charge in [0.2, 0.25) is 0 Å². The lowest BCUT2D eigenvalue weighted by atomic mass is 10.1. The smallest absolute Gasteiger partial charge is 0.160 e. The van der Waals surface area contributed by atoms with Gasteiger partial charge in [-0.1, -0.05) is 36.4 Å². The molecule has 0 unspecified atom stereocenters. The molecule has 4 nitrogen and oxygen atoms in total. The van der Waals surface area contributed by atoms with Gasteiger partial charge in [-0.2, -0.15) is 0 Å². The number of nitrogens with zero attached hydrogens (tertiary/aromatic N) is 2. The predicted molar refractivity (Wildman–Crippen MR) is 132 cm³/mol. The van der Waals surface area contributed by atoms with E-state index in [0.717, 1.165) is 22.9 Å². The highest BCUT2D eigenvalue weighted by atomic mass is 15.1. The summed E-state index contributed by atoms with van der Waals surface area (Å²) in [5.74, 6) is 3.97. The summed E-state index contributed by atoms with van der Waals surface area (Å²) in [6.45, 7) is 18.8. The Hall–Kier alpha value is -2.84. The molecule has 0 saturated heterocycles. The van der Waals surface area contributed by atoms with Crippen LogP contribution >= 0.6 is 0 Å². The molecule has 4 heteroatoms. The normalized spacial score (nSPS) is 11.9. The third kappa shape index (κ3) is 6.60. The van der Waals surface area contributed by atoms with E-state index < -0.39 is 0 Å². The molecular formula is C26H36N4. The molecular weight excluding hydrogens is 368 g/mol. The van der Waals surface area contributed by atoms with Gasteiger partial charge < -0.3 is 10.6 Å². The van der Waals surface area contributed by atoms with Crippen LogP contribution < -0.4 is 10.6 Å². The Labute approximate surface area is 182 Å². The zero-order valence-electron chi connectivity index (χ0n) is 19.9. The van der Waals surface area contributed by atoms with Crippen molar-refractivity contribution in [2.24, 2.45) is 9.98 Å². The molecule has 0 aliphatic rings. The largest absolute Gasteiger partial charge is 0.344 e. The first-order valence-electron chi connectivity index (χ1n) is 10.6. The monoisotopic (exact) mass is 404 g/mol. The second-order valence-corrected chi connectivity index (χ2v) is 9.12. The summed E-state index contributed by atoms with van der Waals surface area (Å²) in [5.41, 5.74) is 7.26. The summed E-state index contributed by atoms with van der Waals surface area (Å²) in [6.07, 6.45) is 0. The Morgan fingerprint density at radius 3 is 1.63 bits per heavy atom. The minimum atomic E-state index is -0.272. The molecule has 2 aromatic rings. The summed E-state index contributed by atoms with van der Waals surface area (Å²) >= 11 is 0. The Morgan fingerprint density at radius 1 is 0.800 bits per heavy atom. The van der Waals surface area contributed by atoms with Crippen molar-refractivity contribution in [2.45, 2.75) is 73.9 Å². The van der Waals surface area contributed by atoms with E-state index in [9.17, 15) is 0 Å². The number of anilines is 2. The molecule has 0 amide bonds. The number of hydrogen-bond donors (Lipinski definition) is 2. The highest BCUT2D eigenvalue weighted by molar-refractivity contribution is 6.15. The van der Waals surface area contributed by atoms with Gasteiger partial charge in [-0.05, 0) is 84.6 Å². The van der Waals surface area contributed by atoms with Gasteiger partial charge in [0, 0.05) is 17.2 Å². The molecule has 0 aliphatic heterocycles. The molecule has 160 valence electrons.